The minimum absolute atomic E-state index is 0.187. The van der Waals surface area contributed by atoms with Crippen molar-refractivity contribution < 1.29 is 28.9 Å². The van der Waals surface area contributed by atoms with Crippen LogP contribution in [-0.2, 0) is 0 Å². The van der Waals surface area contributed by atoms with Gasteiger partial charge in [0.15, 0.2) is 0 Å². The SMILES string of the molecule is Cc1[nH]c2c(-c3ccc(F)cc3OCC3CC3)ncnc2c1C(=O)N[C@H]1CCN(C(=O)O)C(C(C)(C)C)[C@H]1O. The first-order valence-corrected chi connectivity index (χ1v) is 13.2. The third kappa shape index (κ3) is 5.27. The van der Waals surface area contributed by atoms with Crippen LogP contribution in [0.3, 0.4) is 0 Å². The summed E-state index contributed by atoms with van der Waals surface area (Å²) in [7, 11) is 0. The lowest BCUT2D eigenvalue weighted by Gasteiger charge is -2.47. The van der Waals surface area contributed by atoms with E-state index in [1.165, 1.54) is 23.4 Å². The van der Waals surface area contributed by atoms with Gasteiger partial charge in [0.1, 0.15) is 29.1 Å². The molecule has 0 radical (unpaired) electrons. The fourth-order valence-corrected chi connectivity index (χ4v) is 5.49. The van der Waals surface area contributed by atoms with Crippen molar-refractivity contribution in [2.45, 2.75) is 65.1 Å². The minimum atomic E-state index is -1.10. The highest BCUT2D eigenvalue weighted by Gasteiger charge is 2.46. The zero-order valence-corrected chi connectivity index (χ0v) is 22.5. The summed E-state index contributed by atoms with van der Waals surface area (Å²) < 4.78 is 20.0. The number of likely N-dealkylation sites (tertiary alicyclic amines) is 1. The second-order valence-electron chi connectivity index (χ2n) is 11.6. The van der Waals surface area contributed by atoms with Crippen molar-refractivity contribution in [3.8, 4) is 17.0 Å². The molecule has 39 heavy (non-hydrogen) atoms. The van der Waals surface area contributed by atoms with E-state index in [2.05, 4.69) is 20.3 Å². The molecule has 10 nitrogen and oxygen atoms in total. The maximum Gasteiger partial charge on any atom is 0.407 e. The monoisotopic (exact) mass is 539 g/mol. The molecule has 2 amide bonds. The molecule has 1 saturated heterocycles. The Balaban J connectivity index is 1.45. The van der Waals surface area contributed by atoms with Crippen LogP contribution in [0.5, 0.6) is 5.75 Å². The molecule has 1 aliphatic carbocycles. The van der Waals surface area contributed by atoms with Crippen molar-refractivity contribution in [1.29, 1.82) is 0 Å². The summed E-state index contributed by atoms with van der Waals surface area (Å²) in [5, 5.41) is 23.7. The number of fused-ring (bicyclic) bond motifs is 1. The number of aromatic nitrogens is 3. The van der Waals surface area contributed by atoms with Crippen LogP contribution in [0.2, 0.25) is 0 Å². The minimum Gasteiger partial charge on any atom is -0.492 e. The number of aliphatic hydroxyl groups excluding tert-OH is 1. The number of hydrogen-bond donors (Lipinski definition) is 4. The van der Waals surface area contributed by atoms with Crippen LogP contribution in [-0.4, -0.2) is 73.4 Å². The first kappa shape index (κ1) is 26.9. The molecule has 3 heterocycles. The molecule has 2 aliphatic rings. The molecule has 11 heteroatoms. The number of carbonyl (C=O) groups is 2. The predicted octanol–water partition coefficient (Wildman–Crippen LogP) is 4.12. The van der Waals surface area contributed by atoms with Gasteiger partial charge in [0.2, 0.25) is 0 Å². The Bertz CT molecular complexity index is 1410. The zero-order valence-electron chi connectivity index (χ0n) is 22.5. The molecular formula is C28H34FN5O5. The molecule has 3 aromatic rings. The Morgan fingerprint density at radius 1 is 1.23 bits per heavy atom. The summed E-state index contributed by atoms with van der Waals surface area (Å²) in [5.41, 5.74) is 2.27. The molecule has 1 unspecified atom stereocenters. The molecule has 3 atom stereocenters. The number of nitrogens with one attached hydrogen (secondary N) is 2. The second-order valence-corrected chi connectivity index (χ2v) is 11.6. The van der Waals surface area contributed by atoms with Crippen molar-refractivity contribution in [1.82, 2.24) is 25.2 Å². The Morgan fingerprint density at radius 3 is 2.64 bits per heavy atom. The maximum absolute atomic E-state index is 14.1. The fraction of sp³-hybridized carbons (Fsp3) is 0.500. The number of aliphatic hydroxyl groups is 1. The van der Waals surface area contributed by atoms with Crippen LogP contribution in [0, 0.1) is 24.1 Å². The summed E-state index contributed by atoms with van der Waals surface area (Å²) in [4.78, 5) is 38.6. The number of carboxylic acid groups (broad SMARTS) is 1. The maximum atomic E-state index is 14.1. The van der Waals surface area contributed by atoms with E-state index in [1.807, 2.05) is 20.8 Å². The standard InChI is InChI=1S/C28H34FN5O5/c1-14-20(26(36)33-18-9-10-34(27(37)38)25(24(18)35)28(2,3)4)22-23(32-14)21(30-13-31-22)17-8-7-16(29)11-19(17)39-12-15-5-6-15/h7-8,11,13,15,18,24-25,32,35H,5-6,9-10,12H2,1-4H3,(H,33,36)(H,37,38)/t18-,24-,25?/m0/s1. The highest BCUT2D eigenvalue weighted by Crippen LogP contribution is 2.37. The Kier molecular flexibility index (Phi) is 6.96. The van der Waals surface area contributed by atoms with Gasteiger partial charge in [-0.05, 0) is 49.7 Å². The van der Waals surface area contributed by atoms with Crippen molar-refractivity contribution in [3.05, 3.63) is 41.6 Å². The summed E-state index contributed by atoms with van der Waals surface area (Å²) in [6.45, 7) is 8.02. The number of nitrogens with zero attached hydrogens (tertiary/aromatic N) is 3. The number of ether oxygens (including phenoxy) is 1. The van der Waals surface area contributed by atoms with Crippen LogP contribution in [0.1, 0.15) is 56.1 Å². The van der Waals surface area contributed by atoms with Crippen LogP contribution < -0.4 is 10.1 Å². The van der Waals surface area contributed by atoms with Gasteiger partial charge in [0.25, 0.3) is 5.91 Å². The largest absolute Gasteiger partial charge is 0.492 e. The normalized spacial score (nSPS) is 21.7. The number of benzene rings is 1. The molecule has 2 aromatic heterocycles. The molecule has 0 bridgehead atoms. The molecule has 4 N–H and O–H groups in total. The highest BCUT2D eigenvalue weighted by molar-refractivity contribution is 6.09. The molecule has 1 aliphatic heterocycles. The summed E-state index contributed by atoms with van der Waals surface area (Å²) in [5.74, 6) is -0.00121. The average molecular weight is 540 g/mol. The molecule has 1 aromatic carbocycles. The number of H-pyrrole nitrogens is 1. The van der Waals surface area contributed by atoms with Crippen molar-refractivity contribution in [2.75, 3.05) is 13.2 Å². The predicted molar refractivity (Wildman–Crippen MR) is 142 cm³/mol. The van der Waals surface area contributed by atoms with E-state index in [0.29, 0.717) is 51.8 Å². The van der Waals surface area contributed by atoms with Gasteiger partial charge < -0.3 is 30.2 Å². The topological polar surface area (TPSA) is 141 Å². The number of halogens is 1. The van der Waals surface area contributed by atoms with Crippen molar-refractivity contribution in [2.24, 2.45) is 11.3 Å². The Hall–Kier alpha value is -3.73. The van der Waals surface area contributed by atoms with E-state index >= 15 is 0 Å². The van der Waals surface area contributed by atoms with E-state index in [1.54, 1.807) is 13.0 Å². The lowest BCUT2D eigenvalue weighted by atomic mass is 9.77. The third-order valence-electron chi connectivity index (χ3n) is 7.57. The van der Waals surface area contributed by atoms with E-state index in [9.17, 15) is 24.2 Å². The zero-order chi connectivity index (χ0) is 28.1. The number of piperidine rings is 1. The second kappa shape index (κ2) is 10.1. The first-order valence-electron chi connectivity index (χ1n) is 13.2. The summed E-state index contributed by atoms with van der Waals surface area (Å²) in [6, 6.07) is 2.94. The lowest BCUT2D eigenvalue weighted by Crippen LogP contribution is -2.64. The number of amides is 2. The Labute approximate surface area is 225 Å². The summed E-state index contributed by atoms with van der Waals surface area (Å²) in [6.07, 6.45) is 1.61. The van der Waals surface area contributed by atoms with Crippen molar-refractivity contribution in [3.63, 3.8) is 0 Å². The number of rotatable bonds is 6. The van der Waals surface area contributed by atoms with Gasteiger partial charge in [-0.3, -0.25) is 4.79 Å². The highest BCUT2D eigenvalue weighted by atomic mass is 19.1. The average Bonchev–Trinajstić information content (AvgIpc) is 3.62. The molecule has 1 saturated carbocycles. The molecule has 5 rings (SSSR count). The third-order valence-corrected chi connectivity index (χ3v) is 7.57. The lowest BCUT2D eigenvalue weighted by molar-refractivity contribution is -0.0470. The van der Waals surface area contributed by atoms with Gasteiger partial charge in [-0.25, -0.2) is 19.2 Å². The number of hydrogen-bond acceptors (Lipinski definition) is 6. The first-order chi connectivity index (χ1) is 18.5. The quantitative estimate of drug-likeness (QED) is 0.369. The fourth-order valence-electron chi connectivity index (χ4n) is 5.49. The van der Waals surface area contributed by atoms with Gasteiger partial charge in [-0.2, -0.15) is 0 Å². The number of aromatic amines is 1. The van der Waals surface area contributed by atoms with E-state index < -0.39 is 41.4 Å². The van der Waals surface area contributed by atoms with Gasteiger partial charge in [-0.15, -0.1) is 0 Å². The Morgan fingerprint density at radius 2 is 1.97 bits per heavy atom. The van der Waals surface area contributed by atoms with Gasteiger partial charge in [-0.1, -0.05) is 20.8 Å². The van der Waals surface area contributed by atoms with E-state index in [-0.39, 0.29) is 13.0 Å². The van der Waals surface area contributed by atoms with Crippen molar-refractivity contribution >= 4 is 23.0 Å². The van der Waals surface area contributed by atoms with Crippen LogP contribution in [0.15, 0.2) is 24.5 Å². The number of carbonyl (C=O) groups excluding carboxylic acids is 1. The summed E-state index contributed by atoms with van der Waals surface area (Å²) >= 11 is 0. The van der Waals surface area contributed by atoms with Crippen LogP contribution >= 0.6 is 0 Å². The molecule has 0 spiro atoms. The van der Waals surface area contributed by atoms with Crippen LogP contribution in [0.25, 0.3) is 22.3 Å². The molecule has 2 fully saturated rings. The smallest absolute Gasteiger partial charge is 0.407 e. The van der Waals surface area contributed by atoms with E-state index in [4.69, 9.17) is 4.74 Å². The van der Waals surface area contributed by atoms with E-state index in [0.717, 1.165) is 12.8 Å². The van der Waals surface area contributed by atoms with Gasteiger partial charge in [0.05, 0.1) is 35.9 Å². The number of aryl methyl sites for hydroxylation is 1. The molecule has 208 valence electrons. The van der Waals surface area contributed by atoms with Crippen LogP contribution in [0.4, 0.5) is 9.18 Å². The molecular weight excluding hydrogens is 505 g/mol. The van der Waals surface area contributed by atoms with Gasteiger partial charge in [0, 0.05) is 23.9 Å². The van der Waals surface area contributed by atoms with Gasteiger partial charge >= 0.3 is 6.09 Å².